The zero-order chi connectivity index (χ0) is 20.3. The first-order valence-corrected chi connectivity index (χ1v) is 11.7. The van der Waals surface area contributed by atoms with Crippen molar-refractivity contribution in [1.82, 2.24) is 0 Å². The molecule has 5 unspecified atom stereocenters. The number of fused-ring (bicyclic) bond motifs is 5. The molecular weight excluding hydrogens is 352 g/mol. The van der Waals surface area contributed by atoms with Crippen molar-refractivity contribution >= 4 is 5.97 Å². The van der Waals surface area contributed by atoms with Gasteiger partial charge >= 0.3 is 5.97 Å². The Morgan fingerprint density at radius 3 is 2.39 bits per heavy atom. The van der Waals surface area contributed by atoms with Crippen molar-refractivity contribution in [3.8, 4) is 0 Å². The van der Waals surface area contributed by atoms with Crippen molar-refractivity contribution in [3.63, 3.8) is 0 Å². The number of aliphatic hydroxyl groups is 2. The minimum absolute atomic E-state index is 0.179. The van der Waals surface area contributed by atoms with Crippen molar-refractivity contribution in [2.24, 2.45) is 46.3 Å². The second-order valence-electron chi connectivity index (χ2n) is 11.4. The van der Waals surface area contributed by atoms with Gasteiger partial charge in [0.1, 0.15) is 0 Å². The number of carboxylic acids is 1. The number of aliphatic hydroxyl groups excluding tert-OH is 2. The Hall–Kier alpha value is -0.610. The van der Waals surface area contributed by atoms with Gasteiger partial charge in [-0.1, -0.05) is 20.8 Å². The largest absolute Gasteiger partial charge is 0.481 e. The second-order valence-corrected chi connectivity index (χ2v) is 11.4. The number of hydrogen-bond acceptors (Lipinski definition) is 3. The van der Waals surface area contributed by atoms with Crippen LogP contribution >= 0.6 is 0 Å². The molecule has 4 fully saturated rings. The number of carbonyl (C=O) groups is 1. The van der Waals surface area contributed by atoms with Crippen molar-refractivity contribution in [2.75, 3.05) is 0 Å². The lowest BCUT2D eigenvalue weighted by atomic mass is 9.43. The molecule has 0 bridgehead atoms. The molecule has 0 aliphatic heterocycles. The van der Waals surface area contributed by atoms with Crippen LogP contribution in [0, 0.1) is 46.3 Å². The van der Waals surface area contributed by atoms with E-state index in [0.29, 0.717) is 35.5 Å². The summed E-state index contributed by atoms with van der Waals surface area (Å²) in [4.78, 5) is 11.1. The van der Waals surface area contributed by atoms with Crippen LogP contribution in [0.15, 0.2) is 0 Å². The minimum atomic E-state index is -0.684. The van der Waals surface area contributed by atoms with E-state index in [1.54, 1.807) is 0 Å². The fourth-order valence-electron chi connectivity index (χ4n) is 8.73. The minimum Gasteiger partial charge on any atom is -0.481 e. The topological polar surface area (TPSA) is 77.8 Å². The summed E-state index contributed by atoms with van der Waals surface area (Å²) >= 11 is 0. The Morgan fingerprint density at radius 2 is 1.68 bits per heavy atom. The quantitative estimate of drug-likeness (QED) is 0.659. The van der Waals surface area contributed by atoms with Gasteiger partial charge in [0.15, 0.2) is 0 Å². The Bertz CT molecular complexity index is 605. The predicted molar refractivity (Wildman–Crippen MR) is 109 cm³/mol. The van der Waals surface area contributed by atoms with Gasteiger partial charge in [0.2, 0.25) is 0 Å². The van der Waals surface area contributed by atoms with E-state index in [4.69, 9.17) is 5.11 Å². The molecule has 10 atom stereocenters. The highest BCUT2D eigenvalue weighted by Gasteiger charge is 2.62. The highest BCUT2D eigenvalue weighted by molar-refractivity contribution is 5.66. The molecule has 4 saturated carbocycles. The molecule has 160 valence electrons. The Kier molecular flexibility index (Phi) is 5.36. The monoisotopic (exact) mass is 392 g/mol. The maximum atomic E-state index is 11.2. The number of rotatable bonds is 4. The van der Waals surface area contributed by atoms with Gasteiger partial charge in [0, 0.05) is 6.42 Å². The van der Waals surface area contributed by atoms with Gasteiger partial charge in [-0.2, -0.15) is 0 Å². The summed E-state index contributed by atoms with van der Waals surface area (Å²) in [7, 11) is 0. The van der Waals surface area contributed by atoms with E-state index in [-0.39, 0.29) is 29.5 Å². The van der Waals surface area contributed by atoms with Gasteiger partial charge in [0.25, 0.3) is 0 Å². The van der Waals surface area contributed by atoms with Crippen LogP contribution in [0.25, 0.3) is 0 Å². The molecule has 4 nitrogen and oxygen atoms in total. The van der Waals surface area contributed by atoms with Crippen molar-refractivity contribution in [1.29, 1.82) is 0 Å². The standard InChI is InChI=1S/C24H40O4/c1-14(4-7-21(27)28)17-5-6-18-22-19(9-11-24(17,18)3)23(2)10-8-16(25)12-15(23)13-20(22)26/h14-20,22,25-26H,4-13H2,1-3H3,(H,27,28)/t14-,15?,16+,17-,18?,19?,20?,22?,23+,24-/m1/s1. The number of carboxylic acid groups (broad SMARTS) is 1. The van der Waals surface area contributed by atoms with Gasteiger partial charge in [-0.3, -0.25) is 4.79 Å². The lowest BCUT2D eigenvalue weighted by molar-refractivity contribution is -0.174. The molecule has 4 rings (SSSR count). The van der Waals surface area contributed by atoms with Crippen LogP contribution in [0.5, 0.6) is 0 Å². The first kappa shape index (κ1) is 20.7. The van der Waals surface area contributed by atoms with Gasteiger partial charge < -0.3 is 15.3 Å². The molecule has 0 radical (unpaired) electrons. The highest BCUT2D eigenvalue weighted by Crippen LogP contribution is 2.68. The van der Waals surface area contributed by atoms with Crippen molar-refractivity contribution < 1.29 is 20.1 Å². The zero-order valence-corrected chi connectivity index (χ0v) is 17.9. The predicted octanol–water partition coefficient (Wildman–Crippen LogP) is 4.48. The van der Waals surface area contributed by atoms with E-state index in [1.165, 1.54) is 25.7 Å². The summed E-state index contributed by atoms with van der Waals surface area (Å²) in [5, 5.41) is 30.5. The SMILES string of the molecule is C[C@H](CCC(=O)O)[C@H]1CCC2C3C(O)CC4C[C@@H](O)CC[C@]4(C)C3CC[C@@]21C. The molecule has 0 aromatic heterocycles. The molecule has 0 spiro atoms. The molecule has 0 aromatic rings. The smallest absolute Gasteiger partial charge is 0.303 e. The summed E-state index contributed by atoms with van der Waals surface area (Å²) < 4.78 is 0. The zero-order valence-electron chi connectivity index (χ0n) is 17.9. The normalized spacial score (nSPS) is 51.7. The molecule has 0 heterocycles. The van der Waals surface area contributed by atoms with E-state index in [0.717, 1.165) is 32.1 Å². The molecule has 4 heteroatoms. The van der Waals surface area contributed by atoms with Crippen molar-refractivity contribution in [3.05, 3.63) is 0 Å². The lowest BCUT2D eigenvalue weighted by Crippen LogP contribution is -2.58. The van der Waals surface area contributed by atoms with Crippen LogP contribution in [0.4, 0.5) is 0 Å². The van der Waals surface area contributed by atoms with Gasteiger partial charge in [0.05, 0.1) is 12.2 Å². The summed E-state index contributed by atoms with van der Waals surface area (Å²) in [6.45, 7) is 7.16. The summed E-state index contributed by atoms with van der Waals surface area (Å²) in [5.74, 6) is 2.36. The van der Waals surface area contributed by atoms with Crippen LogP contribution in [0.2, 0.25) is 0 Å². The lowest BCUT2D eigenvalue weighted by Gasteiger charge is -2.62. The average molecular weight is 393 g/mol. The molecule has 4 aliphatic carbocycles. The first-order valence-electron chi connectivity index (χ1n) is 11.7. The molecular formula is C24H40O4. The fourth-order valence-corrected chi connectivity index (χ4v) is 8.73. The highest BCUT2D eigenvalue weighted by atomic mass is 16.4. The maximum Gasteiger partial charge on any atom is 0.303 e. The van der Waals surface area contributed by atoms with E-state index in [1.807, 2.05) is 0 Å². The van der Waals surface area contributed by atoms with Gasteiger partial charge in [-0.05, 0) is 104 Å². The van der Waals surface area contributed by atoms with Crippen molar-refractivity contribution in [2.45, 2.75) is 97.2 Å². The van der Waals surface area contributed by atoms with Gasteiger partial charge in [-0.15, -0.1) is 0 Å². The summed E-state index contributed by atoms with van der Waals surface area (Å²) in [6.07, 6.45) is 9.19. The first-order chi connectivity index (χ1) is 13.2. The van der Waals surface area contributed by atoms with E-state index in [9.17, 15) is 15.0 Å². The molecule has 0 aromatic carbocycles. The van der Waals surface area contributed by atoms with Crippen LogP contribution in [0.3, 0.4) is 0 Å². The van der Waals surface area contributed by atoms with Crippen LogP contribution in [-0.4, -0.2) is 33.5 Å². The summed E-state index contributed by atoms with van der Waals surface area (Å²) in [5.41, 5.74) is 0.523. The van der Waals surface area contributed by atoms with Crippen LogP contribution in [0.1, 0.15) is 85.0 Å². The summed E-state index contributed by atoms with van der Waals surface area (Å²) in [6, 6.07) is 0. The van der Waals surface area contributed by atoms with Crippen LogP contribution < -0.4 is 0 Å². The maximum absolute atomic E-state index is 11.2. The number of hydrogen-bond donors (Lipinski definition) is 3. The Morgan fingerprint density at radius 1 is 1.00 bits per heavy atom. The third-order valence-corrected chi connectivity index (χ3v) is 10.2. The number of aliphatic carboxylic acids is 1. The van der Waals surface area contributed by atoms with Gasteiger partial charge in [-0.25, -0.2) is 0 Å². The Labute approximate surface area is 170 Å². The Balaban J connectivity index is 1.55. The molecule has 4 aliphatic rings. The fraction of sp³-hybridized carbons (Fsp3) is 0.958. The van der Waals surface area contributed by atoms with E-state index >= 15 is 0 Å². The molecule has 0 amide bonds. The van der Waals surface area contributed by atoms with Crippen LogP contribution in [-0.2, 0) is 4.79 Å². The van der Waals surface area contributed by atoms with E-state index in [2.05, 4.69) is 20.8 Å². The third kappa shape index (κ3) is 3.14. The molecule has 0 saturated heterocycles. The second kappa shape index (κ2) is 7.27. The average Bonchev–Trinajstić information content (AvgIpc) is 2.98. The third-order valence-electron chi connectivity index (χ3n) is 10.2. The molecule has 28 heavy (non-hydrogen) atoms. The van der Waals surface area contributed by atoms with E-state index < -0.39 is 5.97 Å². The molecule has 3 N–H and O–H groups in total.